The summed E-state index contributed by atoms with van der Waals surface area (Å²) in [5.74, 6) is 0.547. The molecule has 0 aliphatic heterocycles. The number of hydrogen-bond acceptors (Lipinski definition) is 4. The molecule has 0 spiro atoms. The summed E-state index contributed by atoms with van der Waals surface area (Å²) in [6, 6.07) is 28.3. The van der Waals surface area contributed by atoms with E-state index in [-0.39, 0.29) is 43.5 Å². The summed E-state index contributed by atoms with van der Waals surface area (Å²) in [5.41, 5.74) is 8.76. The maximum atomic E-state index is 11.7. The van der Waals surface area contributed by atoms with E-state index < -0.39 is 8.07 Å². The van der Waals surface area contributed by atoms with E-state index >= 15 is 0 Å². The number of ketones is 1. The van der Waals surface area contributed by atoms with Crippen molar-refractivity contribution in [3.63, 3.8) is 0 Å². The molecule has 1 radical (unpaired) electrons. The normalized spacial score (nSPS) is 12.0. The Morgan fingerprint density at radius 3 is 2.08 bits per heavy atom. The van der Waals surface area contributed by atoms with E-state index in [2.05, 4.69) is 113 Å². The summed E-state index contributed by atoms with van der Waals surface area (Å²) in [5, 5.41) is 16.3. The van der Waals surface area contributed by atoms with Gasteiger partial charge in [-0.25, -0.2) is 0 Å². The third-order valence-corrected chi connectivity index (χ3v) is 13.8. The number of allylic oxidation sites excluding steroid dienone is 2. The summed E-state index contributed by atoms with van der Waals surface area (Å²) >= 11 is 1.88. The minimum atomic E-state index is -1.57. The molecule has 0 atom stereocenters. The molecule has 0 saturated heterocycles. The van der Waals surface area contributed by atoms with E-state index in [0.717, 1.165) is 36.9 Å². The number of carbonyl (C=O) groups excluding carboxylic acids is 1. The van der Waals surface area contributed by atoms with Gasteiger partial charge in [-0.2, -0.15) is 0 Å². The van der Waals surface area contributed by atoms with Gasteiger partial charge in [-0.15, -0.1) is 40.1 Å². The van der Waals surface area contributed by atoms with Crippen molar-refractivity contribution in [2.75, 3.05) is 0 Å². The number of fused-ring (bicyclic) bond motifs is 4. The van der Waals surface area contributed by atoms with E-state index in [1.807, 2.05) is 45.2 Å². The number of pyridine rings is 1. The first-order valence-electron chi connectivity index (χ1n) is 18.6. The van der Waals surface area contributed by atoms with Crippen molar-refractivity contribution in [2.45, 2.75) is 93.8 Å². The van der Waals surface area contributed by atoms with Gasteiger partial charge >= 0.3 is 0 Å². The fourth-order valence-corrected chi connectivity index (χ4v) is 10.2. The van der Waals surface area contributed by atoms with Gasteiger partial charge in [0, 0.05) is 64.7 Å². The van der Waals surface area contributed by atoms with Crippen LogP contribution in [0.2, 0.25) is 19.6 Å². The third kappa shape index (κ3) is 8.68. The van der Waals surface area contributed by atoms with Crippen LogP contribution in [0.1, 0.15) is 70.1 Å². The molecule has 0 saturated carbocycles. The molecule has 2 aromatic heterocycles. The second kappa shape index (κ2) is 17.6. The van der Waals surface area contributed by atoms with Crippen LogP contribution in [0.5, 0.6) is 0 Å². The molecule has 3 nitrogen and oxygen atoms in total. The van der Waals surface area contributed by atoms with Gasteiger partial charge in [-0.05, 0) is 80.2 Å². The van der Waals surface area contributed by atoms with Crippen LogP contribution in [-0.2, 0) is 24.9 Å². The van der Waals surface area contributed by atoms with Crippen molar-refractivity contribution in [1.82, 2.24) is 4.98 Å². The Labute approximate surface area is 330 Å². The predicted octanol–water partition coefficient (Wildman–Crippen LogP) is 13.1. The molecule has 6 aromatic rings. The molecule has 52 heavy (non-hydrogen) atoms. The summed E-state index contributed by atoms with van der Waals surface area (Å²) in [7, 11) is -1.57. The molecule has 6 rings (SSSR count). The Morgan fingerprint density at radius 2 is 1.44 bits per heavy atom. The number of carbonyl (C=O) groups is 1. The van der Waals surface area contributed by atoms with Crippen molar-refractivity contribution in [2.24, 2.45) is 11.8 Å². The maximum Gasteiger partial charge on any atom is 0.162 e. The standard InChI is InChI=1S/C33H30NSSi.C13H24O2.Ir/c1-20-11-12-25(21(2)17-20)26-13-14-28-29-15-16-34-31(33(29)35-32(28)22(26)3)24-18-23-9-7-8-10-27(23)30(19-24)36(4,5)6;1-5-10(6-2)12(14)9-13(15)11(7-3)8-4;/h7-17,19H,1-6H3;9-11,14H,5-8H2,1-4H3;/q-1;;/b;12-9-;. The predicted molar refractivity (Wildman–Crippen MR) is 225 cm³/mol. The molecule has 6 heteroatoms. The van der Waals surface area contributed by atoms with Crippen LogP contribution < -0.4 is 5.19 Å². The Kier molecular flexibility index (Phi) is 14.0. The van der Waals surface area contributed by atoms with Gasteiger partial charge in [0.05, 0.1) is 13.8 Å². The number of hydrogen-bond donors (Lipinski definition) is 1. The van der Waals surface area contributed by atoms with Gasteiger partial charge in [-0.1, -0.05) is 112 Å². The van der Waals surface area contributed by atoms with Gasteiger partial charge in [0.15, 0.2) is 5.78 Å². The van der Waals surface area contributed by atoms with Crippen LogP contribution in [0.15, 0.2) is 84.8 Å². The van der Waals surface area contributed by atoms with E-state index in [9.17, 15) is 9.90 Å². The van der Waals surface area contributed by atoms with Crippen molar-refractivity contribution >= 4 is 61.3 Å². The molecular weight excluding hydrogens is 851 g/mol. The first-order valence-corrected chi connectivity index (χ1v) is 22.9. The topological polar surface area (TPSA) is 50.2 Å². The molecule has 1 N–H and O–H groups in total. The number of aliphatic hydroxyl groups is 1. The zero-order valence-electron chi connectivity index (χ0n) is 32.5. The van der Waals surface area contributed by atoms with Crippen LogP contribution in [0.4, 0.5) is 0 Å². The SMILES string of the molecule is CCC(CC)C(=O)/C=C(\O)C(CC)CC.Cc1ccc(-c2ccc3c(sc4c(-c5[c-]c6ccccc6c([Si](C)(C)C)c5)nccc43)c2C)c(C)c1.[Ir]. The first kappa shape index (κ1) is 41.3. The fraction of sp³-hybridized carbons (Fsp3) is 0.348. The Balaban J connectivity index is 0.000000323. The van der Waals surface area contributed by atoms with E-state index in [4.69, 9.17) is 4.98 Å². The molecule has 0 bridgehead atoms. The smallest absolute Gasteiger partial charge is 0.162 e. The molecule has 275 valence electrons. The van der Waals surface area contributed by atoms with E-state index in [1.165, 1.54) is 70.0 Å². The summed E-state index contributed by atoms with van der Waals surface area (Å²) < 4.78 is 2.60. The molecule has 0 amide bonds. The number of thiophene rings is 1. The molecule has 2 heterocycles. The molecular formula is C46H54IrNO2SSi-. The van der Waals surface area contributed by atoms with Crippen molar-refractivity contribution in [3.8, 4) is 22.4 Å². The molecule has 0 aliphatic carbocycles. The van der Waals surface area contributed by atoms with Gasteiger partial charge in [0.1, 0.15) is 0 Å². The fourth-order valence-electron chi connectivity index (χ4n) is 7.26. The minimum Gasteiger partial charge on any atom is -0.512 e. The summed E-state index contributed by atoms with van der Waals surface area (Å²) in [6.45, 7) is 22.0. The monoisotopic (exact) mass is 905 g/mol. The number of benzene rings is 4. The number of aryl methyl sites for hydroxylation is 3. The second-order valence-electron chi connectivity index (χ2n) is 15.0. The van der Waals surface area contributed by atoms with Crippen LogP contribution in [-0.4, -0.2) is 23.9 Å². The molecule has 0 unspecified atom stereocenters. The Morgan fingerprint density at radius 1 is 0.808 bits per heavy atom. The third-order valence-electron chi connectivity index (χ3n) is 10.4. The second-order valence-corrected chi connectivity index (χ2v) is 21.0. The van der Waals surface area contributed by atoms with Gasteiger partial charge < -0.3 is 5.11 Å². The number of nitrogens with zero attached hydrogens (tertiary/aromatic N) is 1. The molecule has 0 fully saturated rings. The minimum absolute atomic E-state index is 0. The van der Waals surface area contributed by atoms with E-state index in [1.54, 1.807) is 0 Å². The molecule has 0 aliphatic rings. The first-order chi connectivity index (χ1) is 24.3. The molecule has 4 aromatic carbocycles. The average Bonchev–Trinajstić information content (AvgIpc) is 3.49. The quantitative estimate of drug-likeness (QED) is 0.0645. The number of aliphatic hydroxyl groups excluding tert-OH is 1. The Bertz CT molecular complexity index is 2220. The Hall–Kier alpha value is -3.41. The number of rotatable bonds is 10. The van der Waals surface area contributed by atoms with E-state index in [0.29, 0.717) is 0 Å². The van der Waals surface area contributed by atoms with Crippen molar-refractivity contribution < 1.29 is 30.0 Å². The summed E-state index contributed by atoms with van der Waals surface area (Å²) in [6.07, 6.45) is 6.87. The van der Waals surface area contributed by atoms with Gasteiger partial charge in [0.2, 0.25) is 0 Å². The van der Waals surface area contributed by atoms with Crippen LogP contribution >= 0.6 is 11.3 Å². The van der Waals surface area contributed by atoms with Crippen LogP contribution in [0.25, 0.3) is 53.3 Å². The zero-order chi connectivity index (χ0) is 37.0. The van der Waals surface area contributed by atoms with Crippen molar-refractivity contribution in [1.29, 1.82) is 0 Å². The largest absolute Gasteiger partial charge is 0.512 e. The maximum absolute atomic E-state index is 11.7. The number of aromatic nitrogens is 1. The van der Waals surface area contributed by atoms with Crippen LogP contribution in [0.3, 0.4) is 0 Å². The van der Waals surface area contributed by atoms with Crippen LogP contribution in [0, 0.1) is 38.7 Å². The summed E-state index contributed by atoms with van der Waals surface area (Å²) in [4.78, 5) is 16.6. The van der Waals surface area contributed by atoms with Crippen molar-refractivity contribution in [3.05, 3.63) is 108 Å². The average molecular weight is 905 g/mol. The van der Waals surface area contributed by atoms with Gasteiger partial charge in [0.25, 0.3) is 0 Å². The zero-order valence-corrected chi connectivity index (χ0v) is 36.7. The van der Waals surface area contributed by atoms with Gasteiger partial charge in [-0.3, -0.25) is 9.78 Å².